The highest BCUT2D eigenvalue weighted by Gasteiger charge is 2.02. The van der Waals surface area contributed by atoms with Crippen LogP contribution in [0.25, 0.3) is 0 Å². The summed E-state index contributed by atoms with van der Waals surface area (Å²) in [7, 11) is 0. The lowest BCUT2D eigenvalue weighted by Gasteiger charge is -1.98. The molecule has 0 radical (unpaired) electrons. The summed E-state index contributed by atoms with van der Waals surface area (Å²) in [6.07, 6.45) is 0.606. The van der Waals surface area contributed by atoms with Crippen LogP contribution in [-0.2, 0) is 0 Å². The molecule has 0 heterocycles. The maximum atomic E-state index is 10.4. The van der Waals surface area contributed by atoms with Crippen molar-refractivity contribution in [1.82, 2.24) is 0 Å². The van der Waals surface area contributed by atoms with E-state index in [1.165, 1.54) is 0 Å². The molecule has 0 amide bonds. The lowest BCUT2D eigenvalue weighted by molar-refractivity contribution is 0.112. The van der Waals surface area contributed by atoms with Crippen LogP contribution in [0.3, 0.4) is 0 Å². The maximum absolute atomic E-state index is 10.4. The molecule has 0 aliphatic rings. The van der Waals surface area contributed by atoms with E-state index in [0.29, 0.717) is 17.2 Å². The number of carbonyl (C=O) groups is 1. The van der Waals surface area contributed by atoms with Crippen molar-refractivity contribution in [2.45, 2.75) is 0 Å². The van der Waals surface area contributed by atoms with E-state index in [9.17, 15) is 9.90 Å². The van der Waals surface area contributed by atoms with E-state index in [1.54, 1.807) is 18.2 Å². The predicted molar refractivity (Wildman–Crippen MR) is 54.2 cm³/mol. The van der Waals surface area contributed by atoms with Gasteiger partial charge in [0.2, 0.25) is 0 Å². The molecule has 0 aliphatic heterocycles. The number of benzene rings is 1. The fourth-order valence-electron chi connectivity index (χ4n) is 0.886. The van der Waals surface area contributed by atoms with Crippen molar-refractivity contribution < 1.29 is 9.90 Å². The van der Waals surface area contributed by atoms with Crippen LogP contribution in [0.5, 0.6) is 5.75 Å². The van der Waals surface area contributed by atoms with Crippen LogP contribution in [0.4, 0.5) is 0 Å². The van der Waals surface area contributed by atoms with E-state index in [2.05, 4.69) is 27.8 Å². The number of hydrogen-bond acceptors (Lipinski definition) is 2. The molecule has 13 heavy (non-hydrogen) atoms. The molecule has 0 unspecified atom stereocenters. The minimum atomic E-state index is -0.0500. The Kier molecular flexibility index (Phi) is 3.53. The summed E-state index contributed by atoms with van der Waals surface area (Å²) >= 11 is 3.14. The summed E-state index contributed by atoms with van der Waals surface area (Å²) in [6, 6.07) is 4.89. The molecule has 0 saturated carbocycles. The molecule has 3 heteroatoms. The quantitative estimate of drug-likeness (QED) is 0.462. The number of halogens is 1. The number of phenols is 1. The zero-order valence-corrected chi connectivity index (χ0v) is 8.34. The molecule has 1 N–H and O–H groups in total. The van der Waals surface area contributed by atoms with Crippen molar-refractivity contribution in [3.63, 3.8) is 0 Å². The second kappa shape index (κ2) is 4.68. The standard InChI is InChI=1S/C10H7BrO2/c11-6-2-5-8-3-1-4-9(7-12)10(8)13/h1,3-4,7,13H,6H2. The van der Waals surface area contributed by atoms with Crippen LogP contribution in [0.1, 0.15) is 15.9 Å². The minimum absolute atomic E-state index is 0.0500. The summed E-state index contributed by atoms with van der Waals surface area (Å²) in [4.78, 5) is 10.4. The monoisotopic (exact) mass is 238 g/mol. The van der Waals surface area contributed by atoms with Gasteiger partial charge in [0.1, 0.15) is 5.75 Å². The van der Waals surface area contributed by atoms with Crippen LogP contribution in [0.15, 0.2) is 18.2 Å². The van der Waals surface area contributed by atoms with Gasteiger partial charge in [0.25, 0.3) is 0 Å². The van der Waals surface area contributed by atoms with Crippen molar-refractivity contribution in [1.29, 1.82) is 0 Å². The first-order valence-corrected chi connectivity index (χ1v) is 4.73. The van der Waals surface area contributed by atoms with Gasteiger partial charge in [0, 0.05) is 0 Å². The summed E-state index contributed by atoms with van der Waals surface area (Å²) in [5.74, 6) is 5.43. The molecule has 0 atom stereocenters. The Morgan fingerprint density at radius 2 is 2.31 bits per heavy atom. The SMILES string of the molecule is O=Cc1cccc(C#CCBr)c1O. The van der Waals surface area contributed by atoms with Gasteiger partial charge in [0.15, 0.2) is 6.29 Å². The fourth-order valence-corrected chi connectivity index (χ4v) is 1.03. The average molecular weight is 239 g/mol. The van der Waals surface area contributed by atoms with Gasteiger partial charge in [-0.2, -0.15) is 0 Å². The Balaban J connectivity index is 3.15. The van der Waals surface area contributed by atoms with Crippen LogP contribution >= 0.6 is 15.9 Å². The highest BCUT2D eigenvalue weighted by Crippen LogP contribution is 2.19. The van der Waals surface area contributed by atoms with Gasteiger partial charge in [0.05, 0.1) is 16.5 Å². The Morgan fingerprint density at radius 1 is 1.54 bits per heavy atom. The largest absolute Gasteiger partial charge is 0.506 e. The number of hydrogen-bond donors (Lipinski definition) is 1. The number of rotatable bonds is 1. The van der Waals surface area contributed by atoms with E-state index in [0.717, 1.165) is 0 Å². The molecule has 0 spiro atoms. The van der Waals surface area contributed by atoms with Gasteiger partial charge in [-0.25, -0.2) is 0 Å². The lowest BCUT2D eigenvalue weighted by Crippen LogP contribution is -1.84. The molecular formula is C10H7BrO2. The number of alkyl halides is 1. The molecule has 1 aromatic carbocycles. The van der Waals surface area contributed by atoms with E-state index < -0.39 is 0 Å². The zero-order chi connectivity index (χ0) is 9.68. The molecule has 1 rings (SSSR count). The third kappa shape index (κ3) is 2.33. The van der Waals surface area contributed by atoms with Crippen LogP contribution in [-0.4, -0.2) is 16.7 Å². The first-order valence-electron chi connectivity index (χ1n) is 3.61. The van der Waals surface area contributed by atoms with Crippen LogP contribution in [0, 0.1) is 11.8 Å². The van der Waals surface area contributed by atoms with Crippen molar-refractivity contribution in [3.8, 4) is 17.6 Å². The second-order valence-electron chi connectivity index (χ2n) is 2.30. The summed E-state index contributed by atoms with van der Waals surface area (Å²) < 4.78 is 0. The average Bonchev–Trinajstić information content (AvgIpc) is 2.16. The van der Waals surface area contributed by atoms with Gasteiger partial charge in [-0.1, -0.05) is 33.8 Å². The Labute approximate surface area is 84.7 Å². The second-order valence-corrected chi connectivity index (χ2v) is 2.86. The van der Waals surface area contributed by atoms with Gasteiger partial charge < -0.3 is 5.11 Å². The van der Waals surface area contributed by atoms with E-state index >= 15 is 0 Å². The number of para-hydroxylation sites is 1. The molecule has 0 aromatic heterocycles. The molecule has 0 aliphatic carbocycles. The Bertz CT molecular complexity index is 374. The third-order valence-electron chi connectivity index (χ3n) is 1.48. The Hall–Kier alpha value is -1.27. The molecule has 1 aromatic rings. The Morgan fingerprint density at radius 3 is 2.92 bits per heavy atom. The zero-order valence-electron chi connectivity index (χ0n) is 6.75. The van der Waals surface area contributed by atoms with Gasteiger partial charge in [-0.3, -0.25) is 4.79 Å². The van der Waals surface area contributed by atoms with E-state index in [4.69, 9.17) is 0 Å². The summed E-state index contributed by atoms with van der Waals surface area (Å²) in [5.41, 5.74) is 0.741. The van der Waals surface area contributed by atoms with Crippen LogP contribution in [0.2, 0.25) is 0 Å². The summed E-state index contributed by atoms with van der Waals surface area (Å²) in [6.45, 7) is 0. The van der Waals surface area contributed by atoms with Crippen LogP contribution < -0.4 is 0 Å². The van der Waals surface area contributed by atoms with Crippen molar-refractivity contribution in [2.75, 3.05) is 5.33 Å². The number of phenolic OH excluding ortho intramolecular Hbond substituents is 1. The number of aromatic hydroxyl groups is 1. The number of aldehydes is 1. The smallest absolute Gasteiger partial charge is 0.153 e. The van der Waals surface area contributed by atoms with Gasteiger partial charge in [-0.15, -0.1) is 0 Å². The van der Waals surface area contributed by atoms with Gasteiger partial charge >= 0.3 is 0 Å². The molecule has 0 bridgehead atoms. The molecule has 0 saturated heterocycles. The summed E-state index contributed by atoms with van der Waals surface area (Å²) in [5, 5.41) is 10.0. The van der Waals surface area contributed by atoms with E-state index in [1.807, 2.05) is 0 Å². The van der Waals surface area contributed by atoms with Crippen molar-refractivity contribution in [2.24, 2.45) is 0 Å². The predicted octanol–water partition coefficient (Wildman–Crippen LogP) is 1.95. The highest BCUT2D eigenvalue weighted by molar-refractivity contribution is 9.09. The molecule has 66 valence electrons. The molecule has 0 fully saturated rings. The highest BCUT2D eigenvalue weighted by atomic mass is 79.9. The van der Waals surface area contributed by atoms with Gasteiger partial charge in [-0.05, 0) is 12.1 Å². The fraction of sp³-hybridized carbons (Fsp3) is 0.100. The van der Waals surface area contributed by atoms with E-state index in [-0.39, 0.29) is 11.3 Å². The third-order valence-corrected chi connectivity index (χ3v) is 1.76. The first-order chi connectivity index (χ1) is 6.29. The number of carbonyl (C=O) groups excluding carboxylic acids is 1. The minimum Gasteiger partial charge on any atom is -0.506 e. The maximum Gasteiger partial charge on any atom is 0.153 e. The van der Waals surface area contributed by atoms with Crippen molar-refractivity contribution in [3.05, 3.63) is 29.3 Å². The first kappa shape index (κ1) is 9.82. The van der Waals surface area contributed by atoms with Crippen molar-refractivity contribution >= 4 is 22.2 Å². The molecular weight excluding hydrogens is 232 g/mol. The normalized spacial score (nSPS) is 8.69. The lowest BCUT2D eigenvalue weighted by atomic mass is 10.1. The topological polar surface area (TPSA) is 37.3 Å². The molecule has 2 nitrogen and oxygen atoms in total.